The fourth-order valence-electron chi connectivity index (χ4n) is 7.86. The third-order valence-electron chi connectivity index (χ3n) is 9.88. The van der Waals surface area contributed by atoms with Crippen LogP contribution in [0.2, 0.25) is 9.45 Å². The summed E-state index contributed by atoms with van der Waals surface area (Å²) < 4.78 is 4.30. The monoisotopic (exact) mass is 612 g/mol. The summed E-state index contributed by atoms with van der Waals surface area (Å²) in [6.45, 7) is 9.33. The summed E-state index contributed by atoms with van der Waals surface area (Å²) in [6.07, 6.45) is 7.28. The van der Waals surface area contributed by atoms with Crippen molar-refractivity contribution in [2.45, 2.75) is 58.4 Å². The molecule has 0 bridgehead atoms. The molecule has 0 amide bonds. The Morgan fingerprint density at radius 1 is 0.561 bits per heavy atom. The van der Waals surface area contributed by atoms with E-state index in [-0.39, 0.29) is 24.8 Å². The number of allylic oxidation sites excluding steroid dienone is 2. The van der Waals surface area contributed by atoms with E-state index < -0.39 is 16.6 Å². The van der Waals surface area contributed by atoms with Crippen LogP contribution in [0.1, 0.15) is 69.5 Å². The van der Waals surface area contributed by atoms with Gasteiger partial charge < -0.3 is 24.8 Å². The fraction of sp³-hybridized carbons (Fsp3) is 0.263. The summed E-state index contributed by atoms with van der Waals surface area (Å²) in [5.74, 6) is 0. The normalized spacial score (nSPS) is 18.5. The number of hydrogen-bond acceptors (Lipinski definition) is 0. The van der Waals surface area contributed by atoms with Gasteiger partial charge in [0.25, 0.3) is 0 Å². The molecule has 0 spiro atoms. The molecule has 7 rings (SSSR count). The van der Waals surface area contributed by atoms with Crippen LogP contribution in [0.4, 0.5) is 0 Å². The van der Waals surface area contributed by atoms with E-state index in [2.05, 4.69) is 125 Å². The molecule has 0 nitrogen and oxygen atoms in total. The predicted octanol–water partition coefficient (Wildman–Crippen LogP) is 4.77. The molecule has 3 heteroatoms. The fourth-order valence-corrected chi connectivity index (χ4v) is 18.3. The first kappa shape index (κ1) is 30.1. The van der Waals surface area contributed by atoms with Crippen LogP contribution >= 0.6 is 0 Å². The van der Waals surface area contributed by atoms with E-state index in [1.54, 1.807) is 22.3 Å². The molecular weight excluding hydrogens is 575 g/mol. The number of rotatable bonds is 6. The molecule has 1 aliphatic heterocycles. The van der Waals surface area contributed by atoms with E-state index in [4.69, 9.17) is 0 Å². The van der Waals surface area contributed by atoms with Crippen molar-refractivity contribution in [3.63, 3.8) is 0 Å². The molecule has 2 unspecified atom stereocenters. The smallest absolute Gasteiger partial charge is 1.00 e. The largest absolute Gasteiger partial charge is 1.00 e. The average Bonchev–Trinajstić information content (AvgIpc) is 3.55. The van der Waals surface area contributed by atoms with Gasteiger partial charge in [0, 0.05) is 0 Å². The second-order valence-corrected chi connectivity index (χ2v) is 19.3. The van der Waals surface area contributed by atoms with Crippen LogP contribution in [0, 0.1) is 0 Å². The van der Waals surface area contributed by atoms with Gasteiger partial charge in [-0.1, -0.05) is 0 Å². The van der Waals surface area contributed by atoms with Gasteiger partial charge in [-0.25, -0.2) is 0 Å². The van der Waals surface area contributed by atoms with Crippen LogP contribution in [0.3, 0.4) is 0 Å². The van der Waals surface area contributed by atoms with Crippen LogP contribution < -0.4 is 24.8 Å². The zero-order chi connectivity index (χ0) is 26.7. The van der Waals surface area contributed by atoms with Gasteiger partial charge >= 0.3 is 239 Å². The third kappa shape index (κ3) is 4.92. The van der Waals surface area contributed by atoms with Crippen molar-refractivity contribution in [2.75, 3.05) is 0 Å². The Hall–Kier alpha value is -2.35. The summed E-state index contributed by atoms with van der Waals surface area (Å²) in [5.41, 5.74) is 17.8. The zero-order valence-electron chi connectivity index (χ0n) is 24.5. The van der Waals surface area contributed by atoms with E-state index in [9.17, 15) is 0 Å². The van der Waals surface area contributed by atoms with Crippen molar-refractivity contribution in [3.05, 3.63) is 129 Å². The van der Waals surface area contributed by atoms with Crippen LogP contribution in [0.25, 0.3) is 34.4 Å². The quantitative estimate of drug-likeness (QED) is 0.275. The Morgan fingerprint density at radius 3 is 1.29 bits per heavy atom. The molecule has 2 atom stereocenters. The van der Waals surface area contributed by atoms with Crippen molar-refractivity contribution >= 4 is 12.2 Å². The van der Waals surface area contributed by atoms with Gasteiger partial charge in [0.15, 0.2) is 0 Å². The summed E-state index contributed by atoms with van der Waals surface area (Å²) in [5, 5.41) is 0. The Bertz CT molecular complexity index is 1520. The minimum atomic E-state index is -2.29. The molecule has 1 saturated heterocycles. The molecule has 4 aromatic carbocycles. The molecule has 0 aromatic heterocycles. The second kappa shape index (κ2) is 11.7. The zero-order valence-corrected chi connectivity index (χ0v) is 27.6. The number of hydrogen-bond donors (Lipinski definition) is 0. The molecule has 2 aliphatic carbocycles. The molecule has 1 heterocycles. The molecule has 1 fully saturated rings. The maximum Gasteiger partial charge on any atom is -1.00 e. The average molecular weight is 613 g/mol. The number of fused-ring (bicyclic) bond motifs is 2. The van der Waals surface area contributed by atoms with Crippen LogP contribution in [-0.2, 0) is 29.4 Å². The Balaban J connectivity index is 0.00000169. The van der Waals surface area contributed by atoms with Gasteiger partial charge in [-0.05, 0) is 0 Å². The van der Waals surface area contributed by atoms with Gasteiger partial charge in [-0.2, -0.15) is 0 Å². The van der Waals surface area contributed by atoms with Crippen LogP contribution in [0.15, 0.2) is 96.1 Å². The van der Waals surface area contributed by atoms with E-state index >= 15 is 0 Å². The van der Waals surface area contributed by atoms with Crippen molar-refractivity contribution in [3.8, 4) is 22.3 Å². The Morgan fingerprint density at radius 2 is 0.951 bits per heavy atom. The molecule has 0 radical (unpaired) electrons. The van der Waals surface area contributed by atoms with Crippen LogP contribution in [-0.4, -0.2) is 0 Å². The molecule has 4 aromatic rings. The van der Waals surface area contributed by atoms with E-state index in [0.29, 0.717) is 8.45 Å². The summed E-state index contributed by atoms with van der Waals surface area (Å²) in [6, 6.07) is 32.8. The SMILES string of the molecule is CCc1ccc(-c2cccc3c2C=C(C)[CH]3[Ti+2]2([CH]3C(C)=Cc4c(-c5ccc(CC)cc5)cccc43)[CH2][CH2]2)cc1.[Cl-].[Cl-]. The van der Waals surface area contributed by atoms with E-state index in [1.807, 2.05) is 0 Å². The van der Waals surface area contributed by atoms with E-state index in [0.717, 1.165) is 12.8 Å². The number of benzene rings is 4. The van der Waals surface area contributed by atoms with Crippen molar-refractivity contribution < 1.29 is 41.4 Å². The summed E-state index contributed by atoms with van der Waals surface area (Å²) >= 11 is -2.29. The van der Waals surface area contributed by atoms with Gasteiger partial charge in [0.1, 0.15) is 0 Å². The maximum absolute atomic E-state index is 2.55. The minimum Gasteiger partial charge on any atom is -1.00 e. The molecule has 3 aliphatic rings. The molecule has 0 N–H and O–H groups in total. The molecular formula is C38H38Cl2Ti. The Labute approximate surface area is 262 Å². The van der Waals surface area contributed by atoms with Crippen molar-refractivity contribution in [1.29, 1.82) is 0 Å². The van der Waals surface area contributed by atoms with Crippen molar-refractivity contribution in [2.24, 2.45) is 0 Å². The van der Waals surface area contributed by atoms with Gasteiger partial charge in [0.2, 0.25) is 0 Å². The third-order valence-corrected chi connectivity index (χ3v) is 18.4. The number of halogens is 2. The summed E-state index contributed by atoms with van der Waals surface area (Å²) in [4.78, 5) is 0. The Kier molecular flexibility index (Phi) is 8.62. The van der Waals surface area contributed by atoms with Gasteiger partial charge in [-0.3, -0.25) is 0 Å². The summed E-state index contributed by atoms with van der Waals surface area (Å²) in [7, 11) is 0. The first-order valence-electron chi connectivity index (χ1n) is 14.8. The number of aryl methyl sites for hydroxylation is 2. The molecule has 208 valence electrons. The topological polar surface area (TPSA) is 0 Å². The van der Waals surface area contributed by atoms with E-state index in [1.165, 1.54) is 54.0 Å². The first-order valence-corrected chi connectivity index (χ1v) is 18.9. The van der Waals surface area contributed by atoms with Crippen molar-refractivity contribution in [1.82, 2.24) is 0 Å². The second-order valence-electron chi connectivity index (χ2n) is 12.1. The molecule has 0 saturated carbocycles. The van der Waals surface area contributed by atoms with Gasteiger partial charge in [0.05, 0.1) is 0 Å². The first-order chi connectivity index (χ1) is 19.0. The van der Waals surface area contributed by atoms with Crippen LogP contribution in [0.5, 0.6) is 0 Å². The minimum absolute atomic E-state index is 0. The van der Waals surface area contributed by atoms with Gasteiger partial charge in [-0.15, -0.1) is 0 Å². The maximum atomic E-state index is 2.55. The predicted molar refractivity (Wildman–Crippen MR) is 165 cm³/mol. The standard InChI is InChI=1S/2C18H17.C2H4.2ClH.Ti/c2*1-3-14-7-9-15(10-8-14)17-6-4-5-16-11-13(2)12-18(16)17;1-2;;;/h2*4-12H,3H2,1-2H3;1-2H2;2*1H;/q;;;;;+2/p-2. The molecule has 41 heavy (non-hydrogen) atoms.